The summed E-state index contributed by atoms with van der Waals surface area (Å²) in [7, 11) is 1.47. The molecular weight excluding hydrogens is 578 g/mol. The number of aliphatic hydroxyl groups is 4. The Morgan fingerprint density at radius 3 is 2.49 bits per heavy atom. The van der Waals surface area contributed by atoms with E-state index in [9.17, 15) is 30.3 Å². The molecule has 1 aromatic heterocycles. The minimum Gasteiger partial charge on any atom is -0.506 e. The summed E-state index contributed by atoms with van der Waals surface area (Å²) in [5.74, 6) is 5.61. The van der Waals surface area contributed by atoms with Crippen LogP contribution >= 0.6 is 0 Å². The zero-order valence-corrected chi connectivity index (χ0v) is 25.7. The molecule has 1 spiro atoms. The number of hydrogen-bond donors (Lipinski definition) is 6. The summed E-state index contributed by atoms with van der Waals surface area (Å²) in [5.41, 5.74) is 1.65. The number of rotatable bonds is 3. The van der Waals surface area contributed by atoms with Crippen molar-refractivity contribution in [1.82, 2.24) is 4.98 Å². The highest BCUT2D eigenvalue weighted by Gasteiger charge is 2.53. The molecule has 2 fully saturated rings. The molecule has 7 unspecified atom stereocenters. The average Bonchev–Trinajstić information content (AvgIpc) is 3.49. The fourth-order valence-electron chi connectivity index (χ4n) is 7.62. The van der Waals surface area contributed by atoms with E-state index in [1.165, 1.54) is 13.2 Å². The number of benzene rings is 2. The maximum Gasteiger partial charge on any atom is 0.229 e. The highest BCUT2D eigenvalue weighted by atomic mass is 16.7. The first-order valence-electron chi connectivity index (χ1n) is 15.7. The summed E-state index contributed by atoms with van der Waals surface area (Å²) >= 11 is 0. The number of fused-ring (bicyclic) bond motifs is 3. The molecule has 3 heterocycles. The Hall–Kier alpha value is -3.59. The standard InChI is InChI=1S/C35H41NO9/c1-4-19-16-36-17-22(19)27-29(39)33-31(41)30(40)32(42)34(45-33)44-24-15-21(43-3)14-20-13-18(2)25(28(38)26(20)24)23(37)9-8-12-35(27)10-6-5-7-11-35/h13-17,27,29-34,36,38-42H,4-7,9-11H2,1-3H3. The number of phenolic OH excluding ortho intramolecular Hbond substituents is 1. The van der Waals surface area contributed by atoms with Crippen LogP contribution in [0.2, 0.25) is 0 Å². The molecule has 1 saturated carbocycles. The predicted molar refractivity (Wildman–Crippen MR) is 165 cm³/mol. The molecule has 6 rings (SSSR count). The summed E-state index contributed by atoms with van der Waals surface area (Å²) in [4.78, 5) is 16.9. The van der Waals surface area contributed by atoms with Crippen LogP contribution in [-0.2, 0) is 11.2 Å². The summed E-state index contributed by atoms with van der Waals surface area (Å²) in [6, 6.07) is 4.90. The predicted octanol–water partition coefficient (Wildman–Crippen LogP) is 3.62. The van der Waals surface area contributed by atoms with Crippen molar-refractivity contribution in [3.05, 3.63) is 52.8 Å². The van der Waals surface area contributed by atoms with Crippen molar-refractivity contribution < 1.29 is 44.5 Å². The van der Waals surface area contributed by atoms with Crippen molar-refractivity contribution in [1.29, 1.82) is 0 Å². The molecule has 240 valence electrons. The van der Waals surface area contributed by atoms with Gasteiger partial charge in [-0.1, -0.05) is 44.1 Å². The first-order valence-corrected chi connectivity index (χ1v) is 15.7. The van der Waals surface area contributed by atoms with Crippen LogP contribution in [0.4, 0.5) is 0 Å². The second-order valence-electron chi connectivity index (χ2n) is 12.6. The molecule has 10 heteroatoms. The molecule has 3 aromatic rings. The van der Waals surface area contributed by atoms with Crippen LogP contribution in [0, 0.1) is 24.2 Å². The van der Waals surface area contributed by atoms with Gasteiger partial charge in [0.1, 0.15) is 41.7 Å². The number of aromatic amines is 1. The Kier molecular flexibility index (Phi) is 8.59. The van der Waals surface area contributed by atoms with Gasteiger partial charge in [-0.3, -0.25) is 4.79 Å². The number of nitrogens with one attached hydrogen (secondary N) is 1. The number of phenols is 1. The monoisotopic (exact) mass is 619 g/mol. The lowest BCUT2D eigenvalue weighted by molar-refractivity contribution is -0.291. The van der Waals surface area contributed by atoms with Crippen molar-refractivity contribution in [3.8, 4) is 29.1 Å². The molecule has 6 N–H and O–H groups in total. The fraction of sp³-hybridized carbons (Fsp3) is 0.514. The number of aliphatic hydroxyl groups excluding tert-OH is 4. The largest absolute Gasteiger partial charge is 0.506 e. The van der Waals surface area contributed by atoms with Crippen LogP contribution in [0.25, 0.3) is 10.8 Å². The normalized spacial score (nSPS) is 29.8. The smallest absolute Gasteiger partial charge is 0.229 e. The van der Waals surface area contributed by atoms with Crippen LogP contribution in [0.5, 0.6) is 17.2 Å². The van der Waals surface area contributed by atoms with E-state index in [0.29, 0.717) is 36.0 Å². The lowest BCUT2D eigenvalue weighted by Gasteiger charge is -2.48. The van der Waals surface area contributed by atoms with E-state index in [1.54, 1.807) is 19.1 Å². The van der Waals surface area contributed by atoms with Gasteiger partial charge in [0.05, 0.1) is 30.6 Å². The van der Waals surface area contributed by atoms with E-state index < -0.39 is 48.1 Å². The van der Waals surface area contributed by atoms with Gasteiger partial charge >= 0.3 is 0 Å². The first-order chi connectivity index (χ1) is 21.6. The van der Waals surface area contributed by atoms with Crippen LogP contribution in [0.3, 0.4) is 0 Å². The maximum absolute atomic E-state index is 13.7. The summed E-state index contributed by atoms with van der Waals surface area (Å²) < 4.78 is 17.8. The van der Waals surface area contributed by atoms with Crippen molar-refractivity contribution in [2.24, 2.45) is 5.41 Å². The van der Waals surface area contributed by atoms with Crippen molar-refractivity contribution in [3.63, 3.8) is 0 Å². The number of Topliss-reactive ketones (excluding diaryl/α,β-unsaturated/α-hetero) is 1. The van der Waals surface area contributed by atoms with E-state index in [2.05, 4.69) is 16.8 Å². The van der Waals surface area contributed by atoms with E-state index in [4.69, 9.17) is 14.2 Å². The second-order valence-corrected chi connectivity index (χ2v) is 12.6. The Balaban J connectivity index is 1.59. The van der Waals surface area contributed by atoms with E-state index in [1.807, 2.05) is 19.3 Å². The van der Waals surface area contributed by atoms with Crippen molar-refractivity contribution >= 4 is 16.6 Å². The number of ketones is 1. The summed E-state index contributed by atoms with van der Waals surface area (Å²) in [6.07, 6.45) is -1.22. The van der Waals surface area contributed by atoms with E-state index >= 15 is 0 Å². The van der Waals surface area contributed by atoms with Crippen LogP contribution in [0.1, 0.15) is 78.4 Å². The molecule has 1 aliphatic carbocycles. The number of carbonyl (C=O) groups excluding carboxylic acids is 1. The molecular formula is C35H41NO9. The Morgan fingerprint density at radius 1 is 1.02 bits per heavy atom. The number of aromatic nitrogens is 1. The number of H-pyrrole nitrogens is 1. The van der Waals surface area contributed by atoms with Crippen molar-refractivity contribution in [2.75, 3.05) is 7.11 Å². The number of aryl methyl sites for hydroxylation is 2. The number of carbonyl (C=O) groups is 1. The van der Waals surface area contributed by atoms with E-state index in [-0.39, 0.29) is 34.7 Å². The van der Waals surface area contributed by atoms with Gasteiger partial charge < -0.3 is 44.7 Å². The Morgan fingerprint density at radius 2 is 1.78 bits per heavy atom. The topological polar surface area (TPSA) is 162 Å². The quantitative estimate of drug-likeness (QED) is 0.241. The third-order valence-corrected chi connectivity index (χ3v) is 9.90. The maximum atomic E-state index is 13.7. The molecule has 4 bridgehead atoms. The molecule has 0 amide bonds. The SMILES string of the molecule is CCc1c[nH]cc1C1C(O)C2OC(Oc3cc(OC)cc4cc(C)c(c(O)c34)C(=O)CC#CC13CCCCC3)C(O)C(O)C2O. The second kappa shape index (κ2) is 12.3. The summed E-state index contributed by atoms with van der Waals surface area (Å²) in [5, 5.41) is 57.9. The molecule has 7 atom stereocenters. The highest BCUT2D eigenvalue weighted by Crippen LogP contribution is 2.51. The van der Waals surface area contributed by atoms with Gasteiger partial charge in [0.15, 0.2) is 5.78 Å². The molecule has 45 heavy (non-hydrogen) atoms. The van der Waals surface area contributed by atoms with Gasteiger partial charge in [0, 0.05) is 29.8 Å². The van der Waals surface area contributed by atoms with Gasteiger partial charge in [-0.15, -0.1) is 0 Å². The zero-order chi connectivity index (χ0) is 32.0. The van der Waals surface area contributed by atoms with Gasteiger partial charge in [-0.2, -0.15) is 0 Å². The lowest BCUT2D eigenvalue weighted by Crippen LogP contribution is -2.63. The van der Waals surface area contributed by atoms with Gasteiger partial charge in [-0.05, 0) is 54.3 Å². The molecule has 2 aromatic carbocycles. The Labute approximate surface area is 261 Å². The van der Waals surface area contributed by atoms with Gasteiger partial charge in [-0.25, -0.2) is 0 Å². The van der Waals surface area contributed by atoms with Gasteiger partial charge in [0.2, 0.25) is 6.29 Å². The Bertz CT molecular complexity index is 1650. The average molecular weight is 620 g/mol. The molecule has 3 aliphatic rings. The minimum atomic E-state index is -1.73. The summed E-state index contributed by atoms with van der Waals surface area (Å²) in [6.45, 7) is 3.74. The number of hydrogen-bond acceptors (Lipinski definition) is 9. The fourth-order valence-corrected chi connectivity index (χ4v) is 7.62. The first kappa shape index (κ1) is 31.4. The lowest BCUT2D eigenvalue weighted by atomic mass is 9.61. The van der Waals surface area contributed by atoms with Crippen molar-refractivity contribution in [2.45, 2.75) is 102 Å². The molecule has 0 radical (unpaired) electrons. The van der Waals surface area contributed by atoms with Crippen LogP contribution in [-0.4, -0.2) is 80.2 Å². The third kappa shape index (κ3) is 5.37. The number of ether oxygens (including phenoxy) is 3. The number of aromatic hydroxyl groups is 1. The zero-order valence-electron chi connectivity index (χ0n) is 25.7. The minimum absolute atomic E-state index is 0.0249. The molecule has 10 nitrogen and oxygen atoms in total. The van der Waals surface area contributed by atoms with E-state index in [0.717, 1.165) is 30.4 Å². The third-order valence-electron chi connectivity index (χ3n) is 9.90. The molecule has 2 aliphatic heterocycles. The van der Waals surface area contributed by atoms with Crippen LogP contribution in [0.15, 0.2) is 30.6 Å². The van der Waals surface area contributed by atoms with Gasteiger partial charge in [0.25, 0.3) is 0 Å². The van der Waals surface area contributed by atoms with Crippen LogP contribution < -0.4 is 9.47 Å². The highest BCUT2D eigenvalue weighted by molar-refractivity contribution is 6.08. The number of methoxy groups -OCH3 is 1. The molecule has 1 saturated heterocycles.